The van der Waals surface area contributed by atoms with Gasteiger partial charge in [-0.3, -0.25) is 4.98 Å². The van der Waals surface area contributed by atoms with E-state index in [2.05, 4.69) is 131 Å². The molecule has 0 spiro atoms. The molecule has 0 unspecified atom stereocenters. The smallest absolute Gasteiger partial charge is 0.0547 e. The highest BCUT2D eigenvalue weighted by atomic mass is 15.0. The lowest BCUT2D eigenvalue weighted by molar-refractivity contribution is 1.18. The number of nitrogens with zero attached hydrogens (tertiary/aromatic N) is 2. The Kier molecular flexibility index (Phi) is 4.49. The van der Waals surface area contributed by atoms with Gasteiger partial charge in [-0.25, -0.2) is 0 Å². The Morgan fingerprint density at radius 2 is 1.14 bits per heavy atom. The average molecular weight is 447 g/mol. The lowest BCUT2D eigenvalue weighted by atomic mass is 9.98. The van der Waals surface area contributed by atoms with Gasteiger partial charge in [0.1, 0.15) is 0 Å². The predicted molar refractivity (Wildman–Crippen MR) is 147 cm³/mol. The number of pyridine rings is 1. The van der Waals surface area contributed by atoms with E-state index in [9.17, 15) is 0 Å². The summed E-state index contributed by atoms with van der Waals surface area (Å²) in [5.41, 5.74) is 8.40. The number of hydrogen-bond donors (Lipinski definition) is 0. The molecule has 35 heavy (non-hydrogen) atoms. The number of fused-ring (bicyclic) bond motifs is 5. The van der Waals surface area contributed by atoms with E-state index in [0.29, 0.717) is 0 Å². The van der Waals surface area contributed by atoms with Gasteiger partial charge in [0.25, 0.3) is 0 Å². The van der Waals surface area contributed by atoms with E-state index in [1.54, 1.807) is 0 Å². The third-order valence-corrected chi connectivity index (χ3v) is 6.84. The van der Waals surface area contributed by atoms with E-state index in [4.69, 9.17) is 0 Å². The van der Waals surface area contributed by atoms with Crippen molar-refractivity contribution in [2.75, 3.05) is 0 Å². The molecule has 2 heterocycles. The molecule has 0 atom stereocenters. The van der Waals surface area contributed by atoms with Gasteiger partial charge >= 0.3 is 0 Å². The lowest BCUT2D eigenvalue weighted by Crippen LogP contribution is -1.96. The van der Waals surface area contributed by atoms with Gasteiger partial charge in [0.15, 0.2) is 0 Å². The largest absolute Gasteiger partial charge is 0.309 e. The minimum absolute atomic E-state index is 1.16. The third kappa shape index (κ3) is 3.23. The van der Waals surface area contributed by atoms with Gasteiger partial charge in [0.2, 0.25) is 0 Å². The summed E-state index contributed by atoms with van der Waals surface area (Å²) in [6.07, 6.45) is 3.84. The highest BCUT2D eigenvalue weighted by Gasteiger charge is 2.16. The quantitative estimate of drug-likeness (QED) is 0.265. The third-order valence-electron chi connectivity index (χ3n) is 6.84. The summed E-state index contributed by atoms with van der Waals surface area (Å²) < 4.78 is 2.41. The summed E-state index contributed by atoms with van der Waals surface area (Å²) in [4.78, 5) is 4.35. The number of rotatable bonds is 3. The van der Waals surface area contributed by atoms with Crippen molar-refractivity contribution in [3.05, 3.63) is 134 Å². The Balaban J connectivity index is 1.60. The van der Waals surface area contributed by atoms with Crippen LogP contribution in [0.2, 0.25) is 0 Å². The van der Waals surface area contributed by atoms with Crippen molar-refractivity contribution in [1.29, 1.82) is 0 Å². The molecule has 7 rings (SSSR count). The second-order valence-electron chi connectivity index (χ2n) is 8.91. The second kappa shape index (κ2) is 7.96. The average Bonchev–Trinajstić information content (AvgIpc) is 3.29. The molecule has 0 aliphatic heterocycles. The summed E-state index contributed by atoms with van der Waals surface area (Å²) in [5.74, 6) is 0. The highest BCUT2D eigenvalue weighted by Crippen LogP contribution is 2.38. The van der Waals surface area contributed by atoms with Crippen LogP contribution >= 0.6 is 0 Å². The van der Waals surface area contributed by atoms with Crippen LogP contribution in [0.5, 0.6) is 0 Å². The van der Waals surface area contributed by atoms with Gasteiger partial charge in [-0.2, -0.15) is 0 Å². The topological polar surface area (TPSA) is 17.8 Å². The van der Waals surface area contributed by atoms with Crippen molar-refractivity contribution in [2.45, 2.75) is 0 Å². The second-order valence-corrected chi connectivity index (χ2v) is 8.91. The molecule has 2 aromatic heterocycles. The molecule has 0 N–H and O–H groups in total. The van der Waals surface area contributed by atoms with Crippen molar-refractivity contribution in [1.82, 2.24) is 9.55 Å². The zero-order chi connectivity index (χ0) is 23.2. The number of para-hydroxylation sites is 1. The first-order chi connectivity index (χ1) is 17.4. The molecule has 0 aliphatic carbocycles. The van der Waals surface area contributed by atoms with Crippen LogP contribution in [0.15, 0.2) is 134 Å². The van der Waals surface area contributed by atoms with E-state index in [1.165, 1.54) is 49.4 Å². The molecule has 0 bridgehead atoms. The Bertz CT molecular complexity index is 1770. The first-order valence-electron chi connectivity index (χ1n) is 11.9. The summed E-state index contributed by atoms with van der Waals surface area (Å²) in [7, 11) is 0. The minimum Gasteiger partial charge on any atom is -0.309 e. The Labute approximate surface area is 203 Å². The van der Waals surface area contributed by atoms with Crippen molar-refractivity contribution in [2.24, 2.45) is 0 Å². The molecule has 0 radical (unpaired) electrons. The first kappa shape index (κ1) is 19.7. The molecule has 0 aliphatic rings. The molecule has 0 saturated heterocycles. The Morgan fingerprint density at radius 1 is 0.486 bits per heavy atom. The van der Waals surface area contributed by atoms with Crippen LogP contribution in [0.3, 0.4) is 0 Å². The van der Waals surface area contributed by atoms with Crippen LogP contribution in [-0.2, 0) is 0 Å². The molecule has 5 aromatic carbocycles. The number of hydrogen-bond acceptors (Lipinski definition) is 1. The molecule has 0 amide bonds. The monoisotopic (exact) mass is 446 g/mol. The van der Waals surface area contributed by atoms with E-state index in [0.717, 1.165) is 11.1 Å². The van der Waals surface area contributed by atoms with Crippen molar-refractivity contribution in [3.8, 4) is 27.9 Å². The maximum absolute atomic E-state index is 4.35. The minimum atomic E-state index is 1.16. The standard InChI is InChI=1S/C33H22N2/c1-3-9-23(10-4-1)26-19-27(24-11-5-2-6-12-24)21-28(20-26)35-31-14-8-7-13-30(31)33-29-17-18-34-22-25(29)15-16-32(33)35/h1-22H. The van der Waals surface area contributed by atoms with Crippen molar-refractivity contribution >= 4 is 32.6 Å². The van der Waals surface area contributed by atoms with Crippen LogP contribution in [0.25, 0.3) is 60.5 Å². The predicted octanol–water partition coefficient (Wildman–Crippen LogP) is 8.67. The summed E-state index contributed by atoms with van der Waals surface area (Å²) in [6, 6.07) is 43.4. The van der Waals surface area contributed by atoms with Gasteiger partial charge < -0.3 is 4.57 Å². The molecular weight excluding hydrogens is 424 g/mol. The molecule has 2 nitrogen and oxygen atoms in total. The normalized spacial score (nSPS) is 11.4. The summed E-state index contributed by atoms with van der Waals surface area (Å²) in [6.45, 7) is 0. The maximum atomic E-state index is 4.35. The lowest BCUT2D eigenvalue weighted by Gasteiger charge is -2.14. The zero-order valence-corrected chi connectivity index (χ0v) is 19.1. The van der Waals surface area contributed by atoms with E-state index in [-0.39, 0.29) is 0 Å². The van der Waals surface area contributed by atoms with Crippen LogP contribution < -0.4 is 0 Å². The van der Waals surface area contributed by atoms with Crippen molar-refractivity contribution in [3.63, 3.8) is 0 Å². The molecular formula is C33H22N2. The van der Waals surface area contributed by atoms with Gasteiger partial charge in [-0.05, 0) is 64.0 Å². The number of benzene rings is 5. The first-order valence-corrected chi connectivity index (χ1v) is 11.9. The van der Waals surface area contributed by atoms with Gasteiger partial charge in [0, 0.05) is 34.2 Å². The summed E-state index contributed by atoms with van der Waals surface area (Å²) >= 11 is 0. The molecule has 0 saturated carbocycles. The molecule has 164 valence electrons. The van der Waals surface area contributed by atoms with Crippen molar-refractivity contribution < 1.29 is 0 Å². The Morgan fingerprint density at radius 3 is 1.86 bits per heavy atom. The fourth-order valence-corrected chi connectivity index (χ4v) is 5.25. The molecule has 0 fully saturated rings. The molecule has 2 heteroatoms. The zero-order valence-electron chi connectivity index (χ0n) is 19.1. The fourth-order valence-electron chi connectivity index (χ4n) is 5.25. The highest BCUT2D eigenvalue weighted by molar-refractivity contribution is 6.21. The van der Waals surface area contributed by atoms with E-state index in [1.807, 2.05) is 12.4 Å². The molecule has 7 aromatic rings. The van der Waals surface area contributed by atoms with Crippen LogP contribution in [0.1, 0.15) is 0 Å². The van der Waals surface area contributed by atoms with E-state index >= 15 is 0 Å². The van der Waals surface area contributed by atoms with Crippen LogP contribution in [0.4, 0.5) is 0 Å². The van der Waals surface area contributed by atoms with E-state index < -0.39 is 0 Å². The number of aromatic nitrogens is 2. The van der Waals surface area contributed by atoms with Gasteiger partial charge in [0.05, 0.1) is 11.0 Å². The SMILES string of the molecule is c1ccc(-c2cc(-c3ccccc3)cc(-n3c4ccccc4c4c5ccncc5ccc43)c2)cc1. The van der Waals surface area contributed by atoms with Crippen LogP contribution in [0, 0.1) is 0 Å². The van der Waals surface area contributed by atoms with Gasteiger partial charge in [-0.15, -0.1) is 0 Å². The van der Waals surface area contributed by atoms with Gasteiger partial charge in [-0.1, -0.05) is 84.9 Å². The summed E-state index contributed by atoms with van der Waals surface area (Å²) in [5, 5.41) is 4.92. The van der Waals surface area contributed by atoms with Crippen LogP contribution in [-0.4, -0.2) is 9.55 Å². The fraction of sp³-hybridized carbons (Fsp3) is 0. The maximum Gasteiger partial charge on any atom is 0.0547 e. The Hall–Kier alpha value is -4.69.